The van der Waals surface area contributed by atoms with E-state index in [2.05, 4.69) is 13.8 Å². The first-order valence-corrected chi connectivity index (χ1v) is 8.12. The second-order valence-corrected chi connectivity index (χ2v) is 5.34. The largest absolute Gasteiger partial charge is 1.00 e. The van der Waals surface area contributed by atoms with E-state index in [-0.39, 0.29) is 59.1 Å². The first-order valence-electron chi connectivity index (χ1n) is 8.12. The van der Waals surface area contributed by atoms with Crippen LogP contribution >= 0.6 is 0 Å². The van der Waals surface area contributed by atoms with E-state index in [1.54, 1.807) is 26.0 Å². The molecule has 128 valence electrons. The number of hydrogen-bond donors (Lipinski definition) is 0. The molecular formula is C18H30Na2O4. The van der Waals surface area contributed by atoms with Gasteiger partial charge in [0.25, 0.3) is 0 Å². The van der Waals surface area contributed by atoms with Gasteiger partial charge >= 0.3 is 59.1 Å². The van der Waals surface area contributed by atoms with Crippen LogP contribution in [-0.2, 0) is 9.59 Å². The van der Waals surface area contributed by atoms with Crippen LogP contribution in [0.25, 0.3) is 0 Å². The molecule has 0 unspecified atom stereocenters. The van der Waals surface area contributed by atoms with Crippen LogP contribution in [0.4, 0.5) is 0 Å². The molecule has 0 saturated heterocycles. The Morgan fingerprint density at radius 2 is 1.00 bits per heavy atom. The van der Waals surface area contributed by atoms with Gasteiger partial charge in [-0.2, -0.15) is 0 Å². The molecule has 0 aromatic carbocycles. The van der Waals surface area contributed by atoms with Crippen molar-refractivity contribution < 1.29 is 78.9 Å². The Kier molecular flexibility index (Phi) is 31.3. The van der Waals surface area contributed by atoms with Crippen molar-refractivity contribution in [3.63, 3.8) is 0 Å². The van der Waals surface area contributed by atoms with E-state index in [0.29, 0.717) is 11.1 Å². The number of carbonyl (C=O) groups is 2. The molecule has 4 nitrogen and oxygen atoms in total. The summed E-state index contributed by atoms with van der Waals surface area (Å²) in [6, 6.07) is 0. The predicted molar refractivity (Wildman–Crippen MR) is 85.8 cm³/mol. The summed E-state index contributed by atoms with van der Waals surface area (Å²) < 4.78 is 0. The van der Waals surface area contributed by atoms with Crippen LogP contribution in [0, 0.1) is 0 Å². The van der Waals surface area contributed by atoms with Crippen molar-refractivity contribution in [2.75, 3.05) is 0 Å². The third kappa shape index (κ3) is 24.7. The van der Waals surface area contributed by atoms with E-state index in [4.69, 9.17) is 0 Å². The van der Waals surface area contributed by atoms with E-state index in [1.165, 1.54) is 0 Å². The van der Waals surface area contributed by atoms with Gasteiger partial charge in [-0.15, -0.1) is 0 Å². The molecule has 0 fully saturated rings. The number of carbonyl (C=O) groups excluding carboxylic acids is 2. The van der Waals surface area contributed by atoms with E-state index in [1.807, 2.05) is 0 Å². The summed E-state index contributed by atoms with van der Waals surface area (Å²) in [5.74, 6) is -2.11. The Morgan fingerprint density at radius 1 is 0.708 bits per heavy atom. The number of rotatable bonds is 10. The quantitative estimate of drug-likeness (QED) is 0.231. The summed E-state index contributed by atoms with van der Waals surface area (Å²) in [6.07, 6.45) is 12.0. The van der Waals surface area contributed by atoms with Gasteiger partial charge in [-0.3, -0.25) is 0 Å². The molecule has 0 bridgehead atoms. The van der Waals surface area contributed by atoms with Gasteiger partial charge in [0.2, 0.25) is 0 Å². The zero-order valence-corrected chi connectivity index (χ0v) is 20.4. The molecule has 0 aliphatic rings. The third-order valence-electron chi connectivity index (χ3n) is 3.16. The maximum absolute atomic E-state index is 10.2. The Morgan fingerprint density at radius 3 is 1.21 bits per heavy atom. The minimum atomic E-state index is -1.05. The molecule has 6 heteroatoms. The molecule has 0 N–H and O–H groups in total. The number of allylic oxidation sites excluding steroid dienone is 2. The second-order valence-electron chi connectivity index (χ2n) is 5.34. The van der Waals surface area contributed by atoms with Gasteiger partial charge in [0.05, 0.1) is 11.9 Å². The Hall–Kier alpha value is 0.420. The molecule has 0 saturated carbocycles. The van der Waals surface area contributed by atoms with Crippen molar-refractivity contribution in [2.24, 2.45) is 0 Å². The van der Waals surface area contributed by atoms with Crippen molar-refractivity contribution in [1.82, 2.24) is 0 Å². The molecule has 0 atom stereocenters. The van der Waals surface area contributed by atoms with Crippen molar-refractivity contribution >= 4 is 11.9 Å². The smallest absolute Gasteiger partial charge is 0.545 e. The average Bonchev–Trinajstić information content (AvgIpc) is 2.48. The van der Waals surface area contributed by atoms with E-state index in [0.717, 1.165) is 51.4 Å². The molecule has 0 aliphatic carbocycles. The molecular weight excluding hydrogens is 326 g/mol. The first kappa shape index (κ1) is 32.1. The number of hydrogen-bond acceptors (Lipinski definition) is 4. The topological polar surface area (TPSA) is 80.3 Å². The molecule has 0 rings (SSSR count). The molecule has 0 aromatic rings. The summed E-state index contributed by atoms with van der Waals surface area (Å²) in [7, 11) is 0. The van der Waals surface area contributed by atoms with E-state index in [9.17, 15) is 19.8 Å². The number of carboxylic acids is 2. The van der Waals surface area contributed by atoms with Crippen LogP contribution in [0.3, 0.4) is 0 Å². The van der Waals surface area contributed by atoms with Crippen molar-refractivity contribution in [2.45, 2.75) is 79.1 Å². The predicted octanol–water partition coefficient (Wildman–Crippen LogP) is -3.47. The zero-order valence-electron chi connectivity index (χ0n) is 16.4. The Balaban J connectivity index is -0.000000154. The fourth-order valence-electron chi connectivity index (χ4n) is 1.59. The molecule has 0 spiro atoms. The summed E-state index contributed by atoms with van der Waals surface area (Å²) in [5, 5.41) is 20.4. The van der Waals surface area contributed by atoms with Crippen LogP contribution in [0.2, 0.25) is 0 Å². The summed E-state index contributed by atoms with van der Waals surface area (Å²) in [4.78, 5) is 20.4. The van der Waals surface area contributed by atoms with Crippen LogP contribution in [0.15, 0.2) is 23.3 Å². The monoisotopic (exact) mass is 356 g/mol. The fraction of sp³-hybridized carbons (Fsp3) is 0.667. The average molecular weight is 356 g/mol. The maximum Gasteiger partial charge on any atom is 1.00 e. The third-order valence-corrected chi connectivity index (χ3v) is 3.16. The first-order chi connectivity index (χ1) is 10.4. The van der Waals surface area contributed by atoms with Gasteiger partial charge in [0.15, 0.2) is 0 Å². The second kappa shape index (κ2) is 23.4. The number of carboxylic acid groups (broad SMARTS) is 2. The maximum atomic E-state index is 10.2. The number of aliphatic carboxylic acids is 2. The summed E-state index contributed by atoms with van der Waals surface area (Å²) in [5.41, 5.74) is 0.696. The van der Waals surface area contributed by atoms with Crippen molar-refractivity contribution in [3.8, 4) is 0 Å². The Labute approximate surface area is 191 Å². The SMILES string of the molecule is CCCCCC=C(C)C(=O)[O-].CCCCCC=C(C)C(=O)[O-].[Na+].[Na+]. The van der Waals surface area contributed by atoms with Crippen molar-refractivity contribution in [1.29, 1.82) is 0 Å². The zero-order chi connectivity index (χ0) is 17.4. The van der Waals surface area contributed by atoms with Gasteiger partial charge in [-0.05, 0) is 50.7 Å². The van der Waals surface area contributed by atoms with Crippen LogP contribution in [0.5, 0.6) is 0 Å². The molecule has 0 amide bonds. The molecule has 0 heterocycles. The minimum absolute atomic E-state index is 0. The van der Waals surface area contributed by atoms with Crippen molar-refractivity contribution in [3.05, 3.63) is 23.3 Å². The van der Waals surface area contributed by atoms with E-state index >= 15 is 0 Å². The van der Waals surface area contributed by atoms with Gasteiger partial charge in [0, 0.05) is 0 Å². The van der Waals surface area contributed by atoms with Crippen LogP contribution in [-0.4, -0.2) is 11.9 Å². The van der Waals surface area contributed by atoms with Crippen LogP contribution in [0.1, 0.15) is 79.1 Å². The summed E-state index contributed by atoms with van der Waals surface area (Å²) in [6.45, 7) is 7.38. The van der Waals surface area contributed by atoms with Gasteiger partial charge in [0.1, 0.15) is 0 Å². The fourth-order valence-corrected chi connectivity index (χ4v) is 1.59. The standard InChI is InChI=1S/2C9H16O2.2Na/c2*1-3-4-5-6-7-8(2)9(10)11;;/h2*7H,3-6H2,1-2H3,(H,10,11);;/q;;2*+1/p-2. The van der Waals surface area contributed by atoms with Gasteiger partial charge in [-0.1, -0.05) is 51.7 Å². The van der Waals surface area contributed by atoms with Gasteiger partial charge in [-0.25, -0.2) is 0 Å². The molecule has 0 aliphatic heterocycles. The summed E-state index contributed by atoms with van der Waals surface area (Å²) >= 11 is 0. The number of unbranched alkanes of at least 4 members (excludes halogenated alkanes) is 6. The Bertz CT molecular complexity index is 341. The van der Waals surface area contributed by atoms with Gasteiger partial charge < -0.3 is 19.8 Å². The molecule has 0 radical (unpaired) electrons. The van der Waals surface area contributed by atoms with E-state index < -0.39 is 11.9 Å². The molecule has 0 aromatic heterocycles. The minimum Gasteiger partial charge on any atom is -0.545 e. The van der Waals surface area contributed by atoms with Crippen LogP contribution < -0.4 is 69.3 Å². The molecule has 24 heavy (non-hydrogen) atoms. The normalized spacial score (nSPS) is 10.7.